The number of nitrogens with one attached hydrogen (secondary N) is 2. The van der Waals surface area contributed by atoms with Crippen LogP contribution in [0.5, 0.6) is 0 Å². The summed E-state index contributed by atoms with van der Waals surface area (Å²) in [6.45, 7) is 0.947. The Kier molecular flexibility index (Phi) is 8.99. The number of aliphatic imine (C=N–C) groups is 1. The monoisotopic (exact) mass is 333 g/mol. The van der Waals surface area contributed by atoms with Gasteiger partial charge in [0, 0.05) is 20.6 Å². The van der Waals surface area contributed by atoms with Crippen LogP contribution >= 0.6 is 24.0 Å². The van der Waals surface area contributed by atoms with Crippen molar-refractivity contribution in [2.24, 2.45) is 4.99 Å². The fourth-order valence-electron chi connectivity index (χ4n) is 1.42. The molecule has 0 heterocycles. The minimum atomic E-state index is 0. The van der Waals surface area contributed by atoms with E-state index in [1.54, 1.807) is 7.05 Å². The van der Waals surface area contributed by atoms with Gasteiger partial charge in [-0.3, -0.25) is 4.99 Å². The summed E-state index contributed by atoms with van der Waals surface area (Å²) in [7, 11) is 3.64. The zero-order valence-corrected chi connectivity index (χ0v) is 12.2. The van der Waals surface area contributed by atoms with Gasteiger partial charge >= 0.3 is 0 Å². The number of nitrogens with zero attached hydrogens (tertiary/aromatic N) is 1. The van der Waals surface area contributed by atoms with Gasteiger partial charge in [0.2, 0.25) is 0 Å². The molecule has 0 aliphatic rings. The molecular formula is C12H20IN3. The number of halogens is 1. The number of aryl methyl sites for hydroxylation is 1. The van der Waals surface area contributed by atoms with E-state index < -0.39 is 0 Å². The van der Waals surface area contributed by atoms with E-state index in [4.69, 9.17) is 0 Å². The molecule has 16 heavy (non-hydrogen) atoms. The molecule has 3 nitrogen and oxygen atoms in total. The molecule has 0 aliphatic carbocycles. The largest absolute Gasteiger partial charge is 0.359 e. The summed E-state index contributed by atoms with van der Waals surface area (Å²) < 4.78 is 0. The van der Waals surface area contributed by atoms with Crippen LogP contribution in [0.25, 0.3) is 0 Å². The maximum atomic E-state index is 4.05. The highest BCUT2D eigenvalue weighted by molar-refractivity contribution is 14.0. The lowest BCUT2D eigenvalue weighted by Gasteiger charge is -2.07. The molecule has 0 bridgehead atoms. The first-order chi connectivity index (χ1) is 7.36. The van der Waals surface area contributed by atoms with Gasteiger partial charge in [-0.25, -0.2) is 0 Å². The second-order valence-electron chi connectivity index (χ2n) is 3.34. The summed E-state index contributed by atoms with van der Waals surface area (Å²) in [6.07, 6.45) is 2.22. The second-order valence-corrected chi connectivity index (χ2v) is 3.34. The first-order valence-corrected chi connectivity index (χ1v) is 5.29. The molecule has 0 atom stereocenters. The van der Waals surface area contributed by atoms with Crippen LogP contribution in [0.15, 0.2) is 35.3 Å². The Morgan fingerprint density at radius 3 is 2.50 bits per heavy atom. The van der Waals surface area contributed by atoms with Crippen LogP contribution in [-0.2, 0) is 6.42 Å². The van der Waals surface area contributed by atoms with Gasteiger partial charge in [0.05, 0.1) is 0 Å². The molecule has 0 saturated heterocycles. The molecule has 0 radical (unpaired) electrons. The van der Waals surface area contributed by atoms with E-state index in [1.807, 2.05) is 13.1 Å². The molecule has 0 aromatic heterocycles. The SMILES string of the molecule is CN=C(NC)NCCCc1ccccc1.I. The van der Waals surface area contributed by atoms with Crippen LogP contribution < -0.4 is 10.6 Å². The van der Waals surface area contributed by atoms with Crippen molar-refractivity contribution in [2.75, 3.05) is 20.6 Å². The molecule has 1 rings (SSSR count). The third-order valence-corrected chi connectivity index (χ3v) is 2.24. The third kappa shape index (κ3) is 5.95. The number of guanidine groups is 1. The Morgan fingerprint density at radius 2 is 1.94 bits per heavy atom. The molecule has 0 spiro atoms. The van der Waals surface area contributed by atoms with Crippen LogP contribution in [-0.4, -0.2) is 26.6 Å². The van der Waals surface area contributed by atoms with Crippen LogP contribution in [0.2, 0.25) is 0 Å². The van der Waals surface area contributed by atoms with Gasteiger partial charge in [-0.1, -0.05) is 30.3 Å². The Labute approximate surface area is 115 Å². The molecule has 0 fully saturated rings. The van der Waals surface area contributed by atoms with E-state index in [-0.39, 0.29) is 24.0 Å². The van der Waals surface area contributed by atoms with Crippen molar-refractivity contribution < 1.29 is 0 Å². The van der Waals surface area contributed by atoms with Crippen molar-refractivity contribution in [2.45, 2.75) is 12.8 Å². The lowest BCUT2D eigenvalue weighted by atomic mass is 10.1. The lowest BCUT2D eigenvalue weighted by molar-refractivity contribution is 0.758. The van der Waals surface area contributed by atoms with Crippen molar-refractivity contribution in [3.63, 3.8) is 0 Å². The van der Waals surface area contributed by atoms with E-state index in [0.29, 0.717) is 0 Å². The lowest BCUT2D eigenvalue weighted by Crippen LogP contribution is -2.35. The van der Waals surface area contributed by atoms with E-state index in [0.717, 1.165) is 25.3 Å². The highest BCUT2D eigenvalue weighted by atomic mass is 127. The summed E-state index contributed by atoms with van der Waals surface area (Å²) in [5, 5.41) is 6.22. The highest BCUT2D eigenvalue weighted by Gasteiger charge is 1.94. The molecule has 0 aliphatic heterocycles. The van der Waals surface area contributed by atoms with Gasteiger partial charge < -0.3 is 10.6 Å². The van der Waals surface area contributed by atoms with Crippen molar-refractivity contribution >= 4 is 29.9 Å². The molecule has 2 N–H and O–H groups in total. The number of hydrogen-bond acceptors (Lipinski definition) is 1. The van der Waals surface area contributed by atoms with Gasteiger partial charge in [0.1, 0.15) is 0 Å². The second kappa shape index (κ2) is 9.45. The molecule has 0 saturated carbocycles. The van der Waals surface area contributed by atoms with Gasteiger partial charge in [0.25, 0.3) is 0 Å². The Hall–Kier alpha value is -0.780. The summed E-state index contributed by atoms with van der Waals surface area (Å²) >= 11 is 0. The highest BCUT2D eigenvalue weighted by Crippen LogP contribution is 2.01. The molecule has 1 aromatic carbocycles. The summed E-state index contributed by atoms with van der Waals surface area (Å²) in [6, 6.07) is 10.5. The summed E-state index contributed by atoms with van der Waals surface area (Å²) in [4.78, 5) is 4.05. The topological polar surface area (TPSA) is 36.4 Å². The number of hydrogen-bond donors (Lipinski definition) is 2. The average molecular weight is 333 g/mol. The minimum absolute atomic E-state index is 0. The van der Waals surface area contributed by atoms with Gasteiger partial charge in [0.15, 0.2) is 5.96 Å². The average Bonchev–Trinajstić information content (AvgIpc) is 2.31. The fourth-order valence-corrected chi connectivity index (χ4v) is 1.42. The molecule has 1 aromatic rings. The van der Waals surface area contributed by atoms with Crippen LogP contribution in [0, 0.1) is 0 Å². The Morgan fingerprint density at radius 1 is 1.25 bits per heavy atom. The van der Waals surface area contributed by atoms with E-state index >= 15 is 0 Å². The Bertz CT molecular complexity index is 298. The minimum Gasteiger partial charge on any atom is -0.359 e. The first-order valence-electron chi connectivity index (χ1n) is 5.29. The van der Waals surface area contributed by atoms with E-state index in [9.17, 15) is 0 Å². The normalized spacial score (nSPS) is 10.5. The first kappa shape index (κ1) is 15.2. The van der Waals surface area contributed by atoms with Crippen molar-refractivity contribution in [3.05, 3.63) is 35.9 Å². The maximum absolute atomic E-state index is 4.05. The fraction of sp³-hybridized carbons (Fsp3) is 0.417. The zero-order chi connectivity index (χ0) is 10.9. The molecule has 4 heteroatoms. The molecule has 0 unspecified atom stereocenters. The van der Waals surface area contributed by atoms with Crippen LogP contribution in [0.4, 0.5) is 0 Å². The quantitative estimate of drug-likeness (QED) is 0.383. The van der Waals surface area contributed by atoms with Gasteiger partial charge in [-0.05, 0) is 18.4 Å². The van der Waals surface area contributed by atoms with Crippen molar-refractivity contribution in [1.82, 2.24) is 10.6 Å². The van der Waals surface area contributed by atoms with Gasteiger partial charge in [-0.15, -0.1) is 24.0 Å². The molecular weight excluding hydrogens is 313 g/mol. The molecule has 0 amide bonds. The smallest absolute Gasteiger partial charge is 0.190 e. The summed E-state index contributed by atoms with van der Waals surface area (Å²) in [5.41, 5.74) is 1.39. The van der Waals surface area contributed by atoms with Crippen LogP contribution in [0.1, 0.15) is 12.0 Å². The maximum Gasteiger partial charge on any atom is 0.190 e. The predicted octanol–water partition coefficient (Wildman–Crippen LogP) is 2.03. The number of benzene rings is 1. The molecule has 90 valence electrons. The van der Waals surface area contributed by atoms with Crippen molar-refractivity contribution in [1.29, 1.82) is 0 Å². The Balaban J connectivity index is 0.00000225. The van der Waals surface area contributed by atoms with E-state index in [2.05, 4.69) is 39.9 Å². The number of rotatable bonds is 4. The van der Waals surface area contributed by atoms with Crippen molar-refractivity contribution in [3.8, 4) is 0 Å². The predicted molar refractivity (Wildman–Crippen MR) is 80.6 cm³/mol. The summed E-state index contributed by atoms with van der Waals surface area (Å²) in [5.74, 6) is 0.850. The van der Waals surface area contributed by atoms with E-state index in [1.165, 1.54) is 5.56 Å². The van der Waals surface area contributed by atoms with Gasteiger partial charge in [-0.2, -0.15) is 0 Å². The standard InChI is InChI=1S/C12H19N3.HI/c1-13-12(14-2)15-10-6-9-11-7-4-3-5-8-11;/h3-5,7-8H,6,9-10H2,1-2H3,(H2,13,14,15);1H. The third-order valence-electron chi connectivity index (χ3n) is 2.24. The van der Waals surface area contributed by atoms with Crippen LogP contribution in [0.3, 0.4) is 0 Å². The zero-order valence-electron chi connectivity index (χ0n) is 9.86.